The van der Waals surface area contributed by atoms with Crippen LogP contribution in [0.25, 0.3) is 11.1 Å². The van der Waals surface area contributed by atoms with E-state index in [2.05, 4.69) is 29.6 Å². The molecule has 2 rings (SSSR count). The molecule has 22 heavy (non-hydrogen) atoms. The quantitative estimate of drug-likeness (QED) is 0.882. The monoisotopic (exact) mass is 317 g/mol. The predicted molar refractivity (Wildman–Crippen MR) is 90.1 cm³/mol. The average molecular weight is 318 g/mol. The highest BCUT2D eigenvalue weighted by Gasteiger charge is 2.08. The standard InChI is InChI=1S/C18H20ClNO2/c1-13(20-18(21)12-22-2)10-14-6-8-15(9-7-14)16-4-3-5-17(19)11-16/h3-9,11,13H,10,12H2,1-2H3,(H,20,21). The van der Waals surface area contributed by atoms with Gasteiger partial charge in [0.05, 0.1) is 0 Å². The maximum absolute atomic E-state index is 11.5. The Morgan fingerprint density at radius 1 is 1.18 bits per heavy atom. The lowest BCUT2D eigenvalue weighted by Gasteiger charge is -2.14. The van der Waals surface area contributed by atoms with E-state index in [4.69, 9.17) is 16.3 Å². The van der Waals surface area contributed by atoms with E-state index in [-0.39, 0.29) is 18.6 Å². The molecule has 0 aliphatic heterocycles. The number of halogens is 1. The van der Waals surface area contributed by atoms with E-state index in [1.54, 1.807) is 0 Å². The average Bonchev–Trinajstić information content (AvgIpc) is 2.48. The third-order valence-electron chi connectivity index (χ3n) is 3.34. The van der Waals surface area contributed by atoms with Gasteiger partial charge in [0.2, 0.25) is 5.91 Å². The van der Waals surface area contributed by atoms with Crippen LogP contribution in [0.15, 0.2) is 48.5 Å². The minimum atomic E-state index is -0.0921. The molecule has 0 radical (unpaired) electrons. The van der Waals surface area contributed by atoms with Crippen molar-refractivity contribution in [3.8, 4) is 11.1 Å². The first-order valence-electron chi connectivity index (χ1n) is 7.21. The fraction of sp³-hybridized carbons (Fsp3) is 0.278. The molecule has 4 heteroatoms. The van der Waals surface area contributed by atoms with E-state index in [0.717, 1.165) is 22.6 Å². The van der Waals surface area contributed by atoms with Gasteiger partial charge in [-0.2, -0.15) is 0 Å². The predicted octanol–water partition coefficient (Wildman–Crippen LogP) is 3.70. The molecule has 0 aromatic heterocycles. The van der Waals surface area contributed by atoms with Gasteiger partial charge in [-0.3, -0.25) is 4.79 Å². The summed E-state index contributed by atoms with van der Waals surface area (Å²) < 4.78 is 4.81. The lowest BCUT2D eigenvalue weighted by atomic mass is 10.0. The maximum atomic E-state index is 11.5. The van der Waals surface area contributed by atoms with Gasteiger partial charge in [-0.1, -0.05) is 48.0 Å². The molecule has 0 saturated carbocycles. The topological polar surface area (TPSA) is 38.3 Å². The molecule has 2 aromatic carbocycles. The van der Waals surface area contributed by atoms with Crippen LogP contribution in [0.5, 0.6) is 0 Å². The minimum Gasteiger partial charge on any atom is -0.375 e. The Morgan fingerprint density at radius 3 is 2.55 bits per heavy atom. The third-order valence-corrected chi connectivity index (χ3v) is 3.57. The molecular formula is C18H20ClNO2. The molecule has 1 N–H and O–H groups in total. The van der Waals surface area contributed by atoms with E-state index in [9.17, 15) is 4.79 Å². The number of amides is 1. The number of hydrogen-bond donors (Lipinski definition) is 1. The highest BCUT2D eigenvalue weighted by molar-refractivity contribution is 6.30. The first kappa shape index (κ1) is 16.5. The zero-order chi connectivity index (χ0) is 15.9. The molecule has 0 heterocycles. The molecule has 0 saturated heterocycles. The van der Waals surface area contributed by atoms with Crippen LogP contribution < -0.4 is 5.32 Å². The van der Waals surface area contributed by atoms with Crippen molar-refractivity contribution in [2.24, 2.45) is 0 Å². The highest BCUT2D eigenvalue weighted by atomic mass is 35.5. The molecular weight excluding hydrogens is 298 g/mol. The number of methoxy groups -OCH3 is 1. The Labute approximate surface area is 136 Å². The van der Waals surface area contributed by atoms with Crippen molar-refractivity contribution in [1.29, 1.82) is 0 Å². The first-order chi connectivity index (χ1) is 10.6. The summed E-state index contributed by atoms with van der Waals surface area (Å²) in [5.74, 6) is -0.0921. The van der Waals surface area contributed by atoms with E-state index >= 15 is 0 Å². The van der Waals surface area contributed by atoms with Crippen molar-refractivity contribution in [3.05, 3.63) is 59.1 Å². The van der Waals surface area contributed by atoms with Gasteiger partial charge in [0.1, 0.15) is 6.61 Å². The smallest absolute Gasteiger partial charge is 0.246 e. The Morgan fingerprint density at radius 2 is 1.91 bits per heavy atom. The lowest BCUT2D eigenvalue weighted by molar-refractivity contribution is -0.125. The zero-order valence-corrected chi connectivity index (χ0v) is 13.6. The van der Waals surface area contributed by atoms with Crippen molar-refractivity contribution in [2.45, 2.75) is 19.4 Å². The Balaban J connectivity index is 1.98. The number of carbonyl (C=O) groups is 1. The highest BCUT2D eigenvalue weighted by Crippen LogP contribution is 2.23. The SMILES string of the molecule is COCC(=O)NC(C)Cc1ccc(-c2cccc(Cl)c2)cc1. The molecule has 116 valence electrons. The van der Waals surface area contributed by atoms with E-state index in [1.165, 1.54) is 12.7 Å². The molecule has 2 aromatic rings. The first-order valence-corrected chi connectivity index (χ1v) is 7.59. The number of hydrogen-bond acceptors (Lipinski definition) is 2. The molecule has 0 spiro atoms. The molecule has 0 aliphatic rings. The number of benzene rings is 2. The molecule has 1 unspecified atom stereocenters. The summed E-state index contributed by atoms with van der Waals surface area (Å²) in [6.07, 6.45) is 0.783. The van der Waals surface area contributed by atoms with E-state index in [1.807, 2.05) is 31.2 Å². The molecule has 3 nitrogen and oxygen atoms in total. The fourth-order valence-electron chi connectivity index (χ4n) is 2.35. The van der Waals surface area contributed by atoms with Crippen LogP contribution >= 0.6 is 11.6 Å². The number of nitrogens with one attached hydrogen (secondary N) is 1. The van der Waals surface area contributed by atoms with Crippen LogP contribution in [0, 0.1) is 0 Å². The van der Waals surface area contributed by atoms with Gasteiger partial charge in [0.15, 0.2) is 0 Å². The van der Waals surface area contributed by atoms with Crippen LogP contribution in [0.1, 0.15) is 12.5 Å². The summed E-state index contributed by atoms with van der Waals surface area (Å²) in [5, 5.41) is 3.63. The molecule has 1 amide bonds. The second-order valence-electron chi connectivity index (χ2n) is 5.31. The summed E-state index contributed by atoms with van der Waals surface area (Å²) in [7, 11) is 1.51. The lowest BCUT2D eigenvalue weighted by Crippen LogP contribution is -2.36. The number of rotatable bonds is 6. The van der Waals surface area contributed by atoms with Crippen LogP contribution in [-0.4, -0.2) is 25.7 Å². The number of ether oxygens (including phenoxy) is 1. The van der Waals surface area contributed by atoms with Gasteiger partial charge in [0, 0.05) is 18.2 Å². The zero-order valence-electron chi connectivity index (χ0n) is 12.8. The summed E-state index contributed by atoms with van der Waals surface area (Å²) in [4.78, 5) is 11.5. The summed E-state index contributed by atoms with van der Waals surface area (Å²) in [5.41, 5.74) is 3.40. The molecule has 1 atom stereocenters. The van der Waals surface area contributed by atoms with Gasteiger partial charge in [0.25, 0.3) is 0 Å². The van der Waals surface area contributed by atoms with Crippen molar-refractivity contribution < 1.29 is 9.53 Å². The van der Waals surface area contributed by atoms with Crippen LogP contribution in [0.4, 0.5) is 0 Å². The maximum Gasteiger partial charge on any atom is 0.246 e. The van der Waals surface area contributed by atoms with Crippen molar-refractivity contribution >= 4 is 17.5 Å². The summed E-state index contributed by atoms with van der Waals surface area (Å²) >= 11 is 6.02. The van der Waals surface area contributed by atoms with Crippen molar-refractivity contribution in [1.82, 2.24) is 5.32 Å². The van der Waals surface area contributed by atoms with Crippen molar-refractivity contribution in [3.63, 3.8) is 0 Å². The largest absolute Gasteiger partial charge is 0.375 e. The van der Waals surface area contributed by atoms with Gasteiger partial charge < -0.3 is 10.1 Å². The van der Waals surface area contributed by atoms with Gasteiger partial charge in [-0.05, 0) is 42.2 Å². The van der Waals surface area contributed by atoms with Crippen molar-refractivity contribution in [2.75, 3.05) is 13.7 Å². The second-order valence-corrected chi connectivity index (χ2v) is 5.75. The number of carbonyl (C=O) groups excluding carboxylic acids is 1. The van der Waals surface area contributed by atoms with Gasteiger partial charge in [-0.15, -0.1) is 0 Å². The van der Waals surface area contributed by atoms with Gasteiger partial charge >= 0.3 is 0 Å². The van der Waals surface area contributed by atoms with Gasteiger partial charge in [-0.25, -0.2) is 0 Å². The normalized spacial score (nSPS) is 12.0. The molecule has 0 fully saturated rings. The summed E-state index contributed by atoms with van der Waals surface area (Å²) in [6, 6.07) is 16.2. The third kappa shape index (κ3) is 4.86. The Kier molecular flexibility index (Phi) is 5.99. The molecule has 0 bridgehead atoms. The van der Waals surface area contributed by atoms with E-state index < -0.39 is 0 Å². The minimum absolute atomic E-state index is 0.0691. The van der Waals surface area contributed by atoms with Crippen LogP contribution in [0.2, 0.25) is 5.02 Å². The molecule has 0 aliphatic carbocycles. The Hall–Kier alpha value is -1.84. The van der Waals surface area contributed by atoms with E-state index in [0.29, 0.717) is 0 Å². The second kappa shape index (κ2) is 7.97. The summed E-state index contributed by atoms with van der Waals surface area (Å²) in [6.45, 7) is 2.08. The Bertz CT molecular complexity index is 625. The fourth-order valence-corrected chi connectivity index (χ4v) is 2.54. The van der Waals surface area contributed by atoms with Crippen LogP contribution in [-0.2, 0) is 16.0 Å². The van der Waals surface area contributed by atoms with Crippen LogP contribution in [0.3, 0.4) is 0 Å².